The van der Waals surface area contributed by atoms with Crippen molar-refractivity contribution in [2.24, 2.45) is 60.8 Å². The first kappa shape index (κ1) is 61.5. The minimum absolute atomic E-state index is 0.00577. The monoisotopic (exact) mass is 1160 g/mol. The predicted octanol–water partition coefficient (Wildman–Crippen LogP) is 1.10. The van der Waals surface area contributed by atoms with Gasteiger partial charge in [0.25, 0.3) is 41.4 Å². The zero-order chi connectivity index (χ0) is 60.9. The van der Waals surface area contributed by atoms with E-state index in [2.05, 4.69) is 62.7 Å². The molecule has 7 rings (SSSR count). The highest BCUT2D eigenvalue weighted by Gasteiger charge is 2.24. The van der Waals surface area contributed by atoms with E-state index >= 15 is 0 Å². The maximum absolute atomic E-state index is 13.5. The van der Waals surface area contributed by atoms with Crippen LogP contribution in [-0.4, -0.2) is 152 Å². The molecule has 0 saturated heterocycles. The Morgan fingerprint density at radius 1 is 0.488 bits per heavy atom. The lowest BCUT2D eigenvalue weighted by Gasteiger charge is -2.15. The van der Waals surface area contributed by atoms with Crippen LogP contribution in [0.3, 0.4) is 0 Å². The Morgan fingerprint density at radius 3 is 1.38 bits per heavy atom. The number of carbonyl (C=O) groups is 9. The molecule has 0 spiro atoms. The van der Waals surface area contributed by atoms with Gasteiger partial charge in [-0.2, -0.15) is 0 Å². The minimum Gasteiger partial charge on any atom is -0.356 e. The minimum atomic E-state index is -1.06. The Balaban J connectivity index is 0.829. The molecule has 0 aliphatic carbocycles. The van der Waals surface area contributed by atoms with E-state index in [0.29, 0.717) is 35.8 Å². The van der Waals surface area contributed by atoms with Crippen LogP contribution >= 0.6 is 0 Å². The second-order valence-corrected chi connectivity index (χ2v) is 20.1. The zero-order valence-corrected chi connectivity index (χ0v) is 48.0. The highest BCUT2D eigenvalue weighted by atomic mass is 16.2. The van der Waals surface area contributed by atoms with Crippen LogP contribution in [0.5, 0.6) is 0 Å². The number of aryl methyl sites for hydroxylation is 7. The molecule has 7 heterocycles. The molecule has 9 amide bonds. The lowest BCUT2D eigenvalue weighted by Crippen LogP contribution is -2.39. The van der Waals surface area contributed by atoms with Crippen LogP contribution in [0.15, 0.2) is 79.9 Å². The van der Waals surface area contributed by atoms with Crippen molar-refractivity contribution in [3.8, 4) is 0 Å². The van der Waals surface area contributed by atoms with E-state index < -0.39 is 53.3 Å². The van der Waals surface area contributed by atoms with E-state index in [-0.39, 0.29) is 83.5 Å². The number of hydrogen-bond acceptors (Lipinski definition) is 14. The van der Waals surface area contributed by atoms with Gasteiger partial charge in [-0.25, -0.2) is 9.97 Å². The van der Waals surface area contributed by atoms with Crippen molar-refractivity contribution in [2.75, 3.05) is 78.2 Å². The molecule has 0 bridgehead atoms. The molecule has 0 radical (unpaired) electrons. The molecule has 7 aromatic heterocycles. The van der Waals surface area contributed by atoms with Gasteiger partial charge < -0.3 is 96.2 Å². The van der Waals surface area contributed by atoms with Gasteiger partial charge in [0.15, 0.2) is 11.6 Å². The second kappa shape index (κ2) is 27.6. The van der Waals surface area contributed by atoms with Crippen molar-refractivity contribution in [3.05, 3.63) is 120 Å². The summed E-state index contributed by atoms with van der Waals surface area (Å²) in [6.07, 6.45) is 14.2. The summed E-state index contributed by atoms with van der Waals surface area (Å²) in [6, 6.07) is 6.34. The van der Waals surface area contributed by atoms with Crippen LogP contribution in [0.25, 0.3) is 0 Å². The first-order chi connectivity index (χ1) is 40.0. The fourth-order valence-electron chi connectivity index (χ4n) is 8.88. The van der Waals surface area contributed by atoms with Gasteiger partial charge in [-0.05, 0) is 76.3 Å². The number of imidazole rings is 2. The van der Waals surface area contributed by atoms with Gasteiger partial charge in [-0.3, -0.25) is 43.2 Å². The molecule has 7 aromatic rings. The van der Waals surface area contributed by atoms with Gasteiger partial charge >= 0.3 is 0 Å². The summed E-state index contributed by atoms with van der Waals surface area (Å²) in [6.45, 7) is 3.03. The largest absolute Gasteiger partial charge is 0.356 e. The molecule has 0 aliphatic rings. The Bertz CT molecular complexity index is 3590. The number of carbonyl (C=O) groups excluding carboxylic acids is 9. The molecule has 0 aromatic carbocycles. The summed E-state index contributed by atoms with van der Waals surface area (Å²) < 4.78 is 10.6. The SMILES string of the molecule is CN(CCCN)CCCNC(=O)CCNC(=O)c1cc(NC(=O)c2cc(NC(=O)c3cc(NC(=O)c4cc(NC(=O)[C@H](N)CCNC(=O)c5cc(NC(=O)c6nc(NC(=O)c7nccn7C)cn6C)cn5C)cn4C)cn3C)cn2C)cn1C. The van der Waals surface area contributed by atoms with Crippen molar-refractivity contribution in [2.45, 2.75) is 31.7 Å². The quantitative estimate of drug-likeness (QED) is 0.0322. The fourth-order valence-corrected chi connectivity index (χ4v) is 8.88. The number of nitrogens with zero attached hydrogens (tertiary/aromatic N) is 10. The predicted molar refractivity (Wildman–Crippen MR) is 313 cm³/mol. The molecule has 30 nitrogen and oxygen atoms in total. The summed E-state index contributed by atoms with van der Waals surface area (Å²) in [7, 11) is 13.4. The van der Waals surface area contributed by atoms with Crippen LogP contribution in [0, 0.1) is 0 Å². The Hall–Kier alpha value is -10.1. The van der Waals surface area contributed by atoms with E-state index in [1.807, 2.05) is 7.05 Å². The van der Waals surface area contributed by atoms with Crippen LogP contribution in [-0.2, 0) is 58.9 Å². The van der Waals surface area contributed by atoms with Crippen LogP contribution < -0.4 is 59.3 Å². The summed E-state index contributed by atoms with van der Waals surface area (Å²) >= 11 is 0. The summed E-state index contributed by atoms with van der Waals surface area (Å²) in [5.74, 6) is -4.06. The summed E-state index contributed by atoms with van der Waals surface area (Å²) in [4.78, 5) is 128. The van der Waals surface area contributed by atoms with Gasteiger partial charge in [0.2, 0.25) is 17.6 Å². The number of aromatic nitrogens is 9. The molecule has 0 saturated carbocycles. The third-order valence-electron chi connectivity index (χ3n) is 13.3. The van der Waals surface area contributed by atoms with Gasteiger partial charge in [0.1, 0.15) is 28.5 Å². The van der Waals surface area contributed by atoms with Crippen LogP contribution in [0.4, 0.5) is 34.3 Å². The van der Waals surface area contributed by atoms with Gasteiger partial charge in [0, 0.05) is 125 Å². The highest BCUT2D eigenvalue weighted by Crippen LogP contribution is 2.22. The number of anilines is 6. The van der Waals surface area contributed by atoms with Crippen LogP contribution in [0.1, 0.15) is 99.4 Å². The molecule has 13 N–H and O–H groups in total. The van der Waals surface area contributed by atoms with E-state index in [1.165, 1.54) is 78.0 Å². The molecule has 0 fully saturated rings. The Labute approximate surface area is 482 Å². The maximum atomic E-state index is 13.5. The van der Waals surface area contributed by atoms with Gasteiger partial charge in [-0.15, -0.1) is 0 Å². The molecule has 1 atom stereocenters. The van der Waals surface area contributed by atoms with Gasteiger partial charge in [0.05, 0.1) is 34.5 Å². The van der Waals surface area contributed by atoms with Crippen molar-refractivity contribution in [1.29, 1.82) is 0 Å². The number of nitrogens with two attached hydrogens (primary N) is 2. The standard InChI is InChI=1S/C54H71N21O9/c1-68(18-9-13-55)19-10-14-57-44(76)12-16-60-49(79)38-21-33(27-70(38)3)62-51(81)41-24-35(29-73(41)6)64-52(82)42-25-34(28-74(42)7)63-50(80)40-23-32(26-72(40)5)61-47(77)37(56)11-15-59-48(78)39-22-36(30-71(39)4)65-54(84)46-66-43(31-75(46)8)67-53(83)45-58-17-20-69(45)2/h17,20-31,37H,9-16,18-19,55-56H2,1-8H3,(H,57,76)(H,59,78)(H,60,79)(H,61,77)(H,62,81)(H,63,80)(H,64,82)(H,65,84)(H,67,83)/t37-/m1/s1. The van der Waals surface area contributed by atoms with E-state index in [4.69, 9.17) is 11.5 Å². The summed E-state index contributed by atoms with van der Waals surface area (Å²) in [5.41, 5.74) is 14.3. The summed E-state index contributed by atoms with van der Waals surface area (Å²) in [5, 5.41) is 24.7. The van der Waals surface area contributed by atoms with Crippen molar-refractivity contribution < 1.29 is 43.2 Å². The third-order valence-corrected chi connectivity index (χ3v) is 13.3. The first-order valence-corrected chi connectivity index (χ1v) is 26.7. The molecule has 0 aliphatic heterocycles. The lowest BCUT2D eigenvalue weighted by molar-refractivity contribution is -0.121. The Morgan fingerprint density at radius 2 is 0.917 bits per heavy atom. The molecule has 446 valence electrons. The van der Waals surface area contributed by atoms with E-state index in [1.54, 1.807) is 83.3 Å². The molecule has 0 unspecified atom stereocenters. The van der Waals surface area contributed by atoms with Crippen molar-refractivity contribution >= 4 is 87.4 Å². The molecular weight excluding hydrogens is 1090 g/mol. The van der Waals surface area contributed by atoms with Crippen molar-refractivity contribution in [1.82, 2.24) is 62.8 Å². The van der Waals surface area contributed by atoms with Gasteiger partial charge in [-0.1, -0.05) is 0 Å². The number of rotatable bonds is 27. The van der Waals surface area contributed by atoms with Crippen molar-refractivity contribution in [3.63, 3.8) is 0 Å². The third kappa shape index (κ3) is 15.9. The normalized spacial score (nSPS) is 11.5. The lowest BCUT2D eigenvalue weighted by atomic mass is 10.2. The zero-order valence-electron chi connectivity index (χ0n) is 48.0. The van der Waals surface area contributed by atoms with E-state index in [9.17, 15) is 43.2 Å². The number of hydrogen-bond donors (Lipinski definition) is 11. The topological polar surface area (TPSA) is 377 Å². The number of amides is 9. The fraction of sp³-hybridized carbons (Fsp3) is 0.352. The second-order valence-electron chi connectivity index (χ2n) is 20.1. The smallest absolute Gasteiger partial charge is 0.292 e. The average molecular weight is 1160 g/mol. The molecular formula is C54H71N21O9. The molecule has 84 heavy (non-hydrogen) atoms. The Kier molecular flexibility index (Phi) is 20.2. The van der Waals surface area contributed by atoms with E-state index in [0.717, 1.165) is 25.9 Å². The average Bonchev–Trinajstić information content (AvgIpc) is 4.32. The highest BCUT2D eigenvalue weighted by molar-refractivity contribution is 6.09. The van der Waals surface area contributed by atoms with Crippen LogP contribution in [0.2, 0.25) is 0 Å². The number of nitrogens with one attached hydrogen (secondary N) is 9. The first-order valence-electron chi connectivity index (χ1n) is 26.7. The maximum Gasteiger partial charge on any atom is 0.292 e. The molecule has 30 heteroatoms.